The number of aryl methyl sites for hydroxylation is 2. The molecule has 0 bridgehead atoms. The molecule has 0 aromatic carbocycles. The lowest BCUT2D eigenvalue weighted by Crippen LogP contribution is -2.72. The van der Waals surface area contributed by atoms with Crippen LogP contribution >= 0.6 is 0 Å². The average molecular weight is 305 g/mol. The van der Waals surface area contributed by atoms with Gasteiger partial charge in [-0.05, 0) is 39.7 Å². The smallest absolute Gasteiger partial charge is 0.194 e. The molecule has 1 fully saturated rings. The van der Waals surface area contributed by atoms with Gasteiger partial charge < -0.3 is 10.2 Å². The molecular weight excluding hydrogens is 274 g/mol. The van der Waals surface area contributed by atoms with Gasteiger partial charge >= 0.3 is 0 Å². The lowest BCUT2D eigenvalue weighted by molar-refractivity contribution is -0.0666. The summed E-state index contributed by atoms with van der Waals surface area (Å²) in [6.45, 7) is 15.4. The van der Waals surface area contributed by atoms with Crippen molar-refractivity contribution in [2.75, 3.05) is 20.1 Å². The third-order valence-electron chi connectivity index (χ3n) is 5.67. The van der Waals surface area contributed by atoms with Gasteiger partial charge in [-0.1, -0.05) is 13.8 Å². The number of hydrogen-bond donors (Lipinski definition) is 1. The molecular formula is C17H31N5. The Labute approximate surface area is 134 Å². The zero-order chi connectivity index (χ0) is 16.7. The van der Waals surface area contributed by atoms with E-state index < -0.39 is 0 Å². The van der Waals surface area contributed by atoms with E-state index in [1.165, 1.54) is 11.3 Å². The van der Waals surface area contributed by atoms with Gasteiger partial charge in [0.2, 0.25) is 0 Å². The zero-order valence-corrected chi connectivity index (χ0v) is 15.4. The summed E-state index contributed by atoms with van der Waals surface area (Å²) in [5.74, 6) is 1.00. The molecule has 1 aliphatic rings. The quantitative estimate of drug-likeness (QED) is 0.688. The van der Waals surface area contributed by atoms with E-state index in [1.54, 1.807) is 0 Å². The fourth-order valence-electron chi connectivity index (χ4n) is 3.17. The summed E-state index contributed by atoms with van der Waals surface area (Å²) in [4.78, 5) is 6.83. The first kappa shape index (κ1) is 16.8. The van der Waals surface area contributed by atoms with Crippen molar-refractivity contribution in [3.05, 3.63) is 17.0 Å². The van der Waals surface area contributed by atoms with Crippen molar-refractivity contribution >= 4 is 5.96 Å². The Morgan fingerprint density at radius 2 is 1.91 bits per heavy atom. The van der Waals surface area contributed by atoms with Gasteiger partial charge in [0.1, 0.15) is 0 Å². The molecule has 1 aromatic rings. The Morgan fingerprint density at radius 3 is 2.32 bits per heavy atom. The van der Waals surface area contributed by atoms with Crippen LogP contribution in [0.25, 0.3) is 0 Å². The number of nitrogens with zero attached hydrogens (tertiary/aromatic N) is 4. The Morgan fingerprint density at radius 1 is 1.27 bits per heavy atom. The molecule has 1 aromatic heterocycles. The van der Waals surface area contributed by atoms with E-state index in [-0.39, 0.29) is 5.54 Å². The predicted molar refractivity (Wildman–Crippen MR) is 92.3 cm³/mol. The van der Waals surface area contributed by atoms with Crippen LogP contribution in [0.15, 0.2) is 4.99 Å². The predicted octanol–water partition coefficient (Wildman–Crippen LogP) is 2.28. The maximum Gasteiger partial charge on any atom is 0.194 e. The van der Waals surface area contributed by atoms with E-state index in [9.17, 15) is 0 Å². The minimum atomic E-state index is 0.134. The Kier molecular flexibility index (Phi) is 4.28. The summed E-state index contributed by atoms with van der Waals surface area (Å²) in [6.07, 6.45) is 0.974. The van der Waals surface area contributed by atoms with Crippen LogP contribution in [0.1, 0.15) is 44.6 Å². The molecule has 1 aliphatic heterocycles. The monoisotopic (exact) mass is 305 g/mol. The second-order valence-corrected chi connectivity index (χ2v) is 7.53. The van der Waals surface area contributed by atoms with Crippen molar-refractivity contribution in [1.29, 1.82) is 0 Å². The van der Waals surface area contributed by atoms with Gasteiger partial charge in [-0.25, -0.2) is 0 Å². The number of hydrogen-bond acceptors (Lipinski definition) is 2. The highest BCUT2D eigenvalue weighted by Crippen LogP contribution is 2.46. The number of aliphatic imine (C=N–C) groups is 1. The van der Waals surface area contributed by atoms with Gasteiger partial charge in [-0.15, -0.1) is 0 Å². The van der Waals surface area contributed by atoms with Gasteiger partial charge in [-0.2, -0.15) is 5.10 Å². The molecule has 0 amide bonds. The summed E-state index contributed by atoms with van der Waals surface area (Å²) in [7, 11) is 3.87. The molecule has 0 unspecified atom stereocenters. The van der Waals surface area contributed by atoms with Crippen molar-refractivity contribution in [2.45, 2.75) is 53.5 Å². The molecule has 1 saturated heterocycles. The normalized spacial score (nSPS) is 20.0. The Bertz CT molecular complexity index is 580. The minimum Gasteiger partial charge on any atom is -0.356 e. The number of rotatable bonds is 3. The first-order chi connectivity index (χ1) is 10.1. The van der Waals surface area contributed by atoms with Crippen LogP contribution < -0.4 is 5.32 Å². The van der Waals surface area contributed by atoms with Crippen LogP contribution in [-0.4, -0.2) is 46.3 Å². The second kappa shape index (κ2) is 5.60. The molecule has 0 aliphatic carbocycles. The van der Waals surface area contributed by atoms with Crippen molar-refractivity contribution in [2.24, 2.45) is 17.5 Å². The average Bonchev–Trinajstić information content (AvgIpc) is 2.67. The SMILES string of the molecule is CN=C(NCCc1c(C)nn(C)c1C)N1CC(C)(C)C1(C)C. The van der Waals surface area contributed by atoms with Crippen LogP contribution in [0.2, 0.25) is 0 Å². The second-order valence-electron chi connectivity index (χ2n) is 7.53. The molecule has 0 spiro atoms. The Hall–Kier alpha value is -1.52. The van der Waals surface area contributed by atoms with Gasteiger partial charge in [0, 0.05) is 43.8 Å². The third-order valence-corrected chi connectivity index (χ3v) is 5.67. The van der Waals surface area contributed by atoms with Gasteiger partial charge in [0.05, 0.1) is 5.69 Å². The zero-order valence-electron chi connectivity index (χ0n) is 15.4. The molecule has 1 N–H and O–H groups in total. The van der Waals surface area contributed by atoms with Gasteiger partial charge in [0.25, 0.3) is 0 Å². The molecule has 0 atom stereocenters. The van der Waals surface area contributed by atoms with E-state index in [1.807, 2.05) is 18.8 Å². The third kappa shape index (κ3) is 2.61. The van der Waals surface area contributed by atoms with Crippen molar-refractivity contribution < 1.29 is 0 Å². The topological polar surface area (TPSA) is 45.5 Å². The molecule has 0 radical (unpaired) electrons. The first-order valence-corrected chi connectivity index (χ1v) is 8.09. The van der Waals surface area contributed by atoms with E-state index in [4.69, 9.17) is 0 Å². The lowest BCUT2D eigenvalue weighted by Gasteiger charge is -2.62. The summed E-state index contributed by atoms with van der Waals surface area (Å²) >= 11 is 0. The maximum absolute atomic E-state index is 4.48. The molecule has 22 heavy (non-hydrogen) atoms. The van der Waals surface area contributed by atoms with Crippen LogP contribution in [0.4, 0.5) is 0 Å². The highest BCUT2D eigenvalue weighted by atomic mass is 15.4. The van der Waals surface area contributed by atoms with E-state index >= 15 is 0 Å². The fourth-order valence-corrected chi connectivity index (χ4v) is 3.17. The largest absolute Gasteiger partial charge is 0.356 e. The highest BCUT2D eigenvalue weighted by molar-refractivity contribution is 5.82. The van der Waals surface area contributed by atoms with Crippen LogP contribution in [0.5, 0.6) is 0 Å². The molecule has 124 valence electrons. The summed E-state index contributed by atoms with van der Waals surface area (Å²) in [5.41, 5.74) is 4.17. The molecule has 5 nitrogen and oxygen atoms in total. The number of nitrogens with one attached hydrogen (secondary N) is 1. The standard InChI is InChI=1S/C17H31N5/c1-12-14(13(2)21(8)20-12)9-10-19-15(18-7)22-11-16(3,4)17(22,5)6/h9-11H2,1-8H3,(H,18,19). The van der Waals surface area contributed by atoms with Crippen molar-refractivity contribution in [3.63, 3.8) is 0 Å². The summed E-state index contributed by atoms with van der Waals surface area (Å²) in [6, 6.07) is 0. The van der Waals surface area contributed by atoms with Crippen LogP contribution in [0.3, 0.4) is 0 Å². The Balaban J connectivity index is 1.96. The van der Waals surface area contributed by atoms with Crippen LogP contribution in [-0.2, 0) is 13.5 Å². The fraction of sp³-hybridized carbons (Fsp3) is 0.765. The molecule has 2 rings (SSSR count). The number of aromatic nitrogens is 2. The number of likely N-dealkylation sites (tertiary alicyclic amines) is 1. The molecule has 5 heteroatoms. The van der Waals surface area contributed by atoms with Crippen molar-refractivity contribution in [1.82, 2.24) is 20.0 Å². The lowest BCUT2D eigenvalue weighted by atomic mass is 9.65. The van der Waals surface area contributed by atoms with Gasteiger partial charge in [-0.3, -0.25) is 9.67 Å². The van der Waals surface area contributed by atoms with E-state index in [0.29, 0.717) is 5.41 Å². The highest BCUT2D eigenvalue weighted by Gasteiger charge is 2.53. The van der Waals surface area contributed by atoms with E-state index in [2.05, 4.69) is 61.9 Å². The first-order valence-electron chi connectivity index (χ1n) is 8.09. The summed E-state index contributed by atoms with van der Waals surface area (Å²) < 4.78 is 1.96. The molecule has 0 saturated carbocycles. The summed E-state index contributed by atoms with van der Waals surface area (Å²) in [5, 5.41) is 8.00. The van der Waals surface area contributed by atoms with Crippen molar-refractivity contribution in [3.8, 4) is 0 Å². The minimum absolute atomic E-state index is 0.134. The van der Waals surface area contributed by atoms with Gasteiger partial charge in [0.15, 0.2) is 5.96 Å². The molecule has 2 heterocycles. The maximum atomic E-state index is 4.48. The van der Waals surface area contributed by atoms with Crippen LogP contribution in [0, 0.1) is 19.3 Å². The number of guanidine groups is 1. The van der Waals surface area contributed by atoms with E-state index in [0.717, 1.165) is 31.2 Å².